The summed E-state index contributed by atoms with van der Waals surface area (Å²) < 4.78 is 13.8. The van der Waals surface area contributed by atoms with Crippen LogP contribution in [0, 0.1) is 11.7 Å². The molecular formula is C13H20ClFN2. The molecule has 2 unspecified atom stereocenters. The summed E-state index contributed by atoms with van der Waals surface area (Å²) in [5.41, 5.74) is 6.27. The fourth-order valence-corrected chi connectivity index (χ4v) is 2.04. The van der Waals surface area contributed by atoms with Crippen molar-refractivity contribution in [2.45, 2.75) is 19.4 Å². The first-order valence-electron chi connectivity index (χ1n) is 5.77. The summed E-state index contributed by atoms with van der Waals surface area (Å²) >= 11 is 5.93. The Labute approximate surface area is 108 Å². The van der Waals surface area contributed by atoms with E-state index in [1.807, 2.05) is 19.0 Å². The van der Waals surface area contributed by atoms with E-state index in [-0.39, 0.29) is 11.9 Å². The van der Waals surface area contributed by atoms with Gasteiger partial charge < -0.3 is 10.6 Å². The van der Waals surface area contributed by atoms with Crippen molar-refractivity contribution in [1.29, 1.82) is 0 Å². The molecule has 1 aromatic carbocycles. The van der Waals surface area contributed by atoms with Crippen molar-refractivity contribution < 1.29 is 4.39 Å². The third-order valence-corrected chi connectivity index (χ3v) is 3.20. The molecule has 1 aromatic rings. The number of nitrogens with zero attached hydrogens (tertiary/aromatic N) is 1. The van der Waals surface area contributed by atoms with Crippen molar-refractivity contribution in [3.8, 4) is 0 Å². The lowest BCUT2D eigenvalue weighted by Crippen LogP contribution is -2.25. The summed E-state index contributed by atoms with van der Waals surface area (Å²) in [6.45, 7) is 2.67. The lowest BCUT2D eigenvalue weighted by Gasteiger charge is -2.27. The molecule has 0 aromatic heterocycles. The number of hydrogen-bond acceptors (Lipinski definition) is 2. The molecule has 1 rings (SSSR count). The molecule has 0 saturated carbocycles. The van der Waals surface area contributed by atoms with Crippen LogP contribution in [-0.4, -0.2) is 25.5 Å². The first-order valence-corrected chi connectivity index (χ1v) is 6.15. The SMILES string of the molecule is CC(CN)CC(c1cc(Cl)ccc1F)N(C)C. The largest absolute Gasteiger partial charge is 0.330 e. The standard InChI is InChI=1S/C13H20ClFN2/c1-9(8-16)6-13(17(2)3)11-7-10(14)4-5-12(11)15/h4-5,7,9,13H,6,8,16H2,1-3H3. The summed E-state index contributed by atoms with van der Waals surface area (Å²) in [7, 11) is 3.88. The number of benzene rings is 1. The van der Waals surface area contributed by atoms with Gasteiger partial charge in [0.1, 0.15) is 5.82 Å². The zero-order chi connectivity index (χ0) is 13.0. The van der Waals surface area contributed by atoms with Crippen LogP contribution in [0.2, 0.25) is 5.02 Å². The van der Waals surface area contributed by atoms with Crippen LogP contribution in [0.3, 0.4) is 0 Å². The molecule has 4 heteroatoms. The van der Waals surface area contributed by atoms with E-state index in [2.05, 4.69) is 6.92 Å². The Morgan fingerprint density at radius 3 is 2.59 bits per heavy atom. The molecule has 0 aliphatic heterocycles. The number of halogens is 2. The van der Waals surface area contributed by atoms with E-state index in [0.29, 0.717) is 23.0 Å². The highest BCUT2D eigenvalue weighted by Crippen LogP contribution is 2.29. The molecule has 0 aliphatic carbocycles. The van der Waals surface area contributed by atoms with Crippen molar-refractivity contribution in [3.63, 3.8) is 0 Å². The Kier molecular flexibility index (Phi) is 5.37. The molecule has 0 spiro atoms. The molecule has 17 heavy (non-hydrogen) atoms. The highest BCUT2D eigenvalue weighted by atomic mass is 35.5. The minimum absolute atomic E-state index is 0.00671. The van der Waals surface area contributed by atoms with Gasteiger partial charge >= 0.3 is 0 Å². The molecule has 0 saturated heterocycles. The van der Waals surface area contributed by atoms with Gasteiger partial charge in [-0.2, -0.15) is 0 Å². The van der Waals surface area contributed by atoms with Gasteiger partial charge in [-0.25, -0.2) is 4.39 Å². The van der Waals surface area contributed by atoms with Gasteiger partial charge in [-0.15, -0.1) is 0 Å². The third-order valence-electron chi connectivity index (χ3n) is 2.97. The van der Waals surface area contributed by atoms with Crippen molar-refractivity contribution in [1.82, 2.24) is 4.90 Å². The van der Waals surface area contributed by atoms with E-state index >= 15 is 0 Å². The van der Waals surface area contributed by atoms with Gasteiger partial charge in [0, 0.05) is 16.6 Å². The van der Waals surface area contributed by atoms with Crippen LogP contribution in [0.4, 0.5) is 4.39 Å². The van der Waals surface area contributed by atoms with Gasteiger partial charge in [0.2, 0.25) is 0 Å². The lowest BCUT2D eigenvalue weighted by molar-refractivity contribution is 0.249. The fourth-order valence-electron chi connectivity index (χ4n) is 1.86. The van der Waals surface area contributed by atoms with Gasteiger partial charge in [-0.05, 0) is 51.2 Å². The number of nitrogens with two attached hydrogens (primary N) is 1. The summed E-state index contributed by atoms with van der Waals surface area (Å²) in [5, 5.41) is 0.564. The summed E-state index contributed by atoms with van der Waals surface area (Å²) in [5.74, 6) is 0.137. The highest BCUT2D eigenvalue weighted by Gasteiger charge is 2.20. The zero-order valence-corrected chi connectivity index (χ0v) is 11.3. The molecule has 2 atom stereocenters. The van der Waals surface area contributed by atoms with Crippen LogP contribution < -0.4 is 5.73 Å². The first-order chi connectivity index (χ1) is 7.95. The fraction of sp³-hybridized carbons (Fsp3) is 0.538. The minimum atomic E-state index is -0.211. The van der Waals surface area contributed by atoms with Gasteiger partial charge in [-0.3, -0.25) is 0 Å². The summed E-state index contributed by atoms with van der Waals surface area (Å²) in [6.07, 6.45) is 0.820. The smallest absolute Gasteiger partial charge is 0.128 e. The van der Waals surface area contributed by atoms with E-state index in [1.165, 1.54) is 6.07 Å². The maximum Gasteiger partial charge on any atom is 0.128 e. The molecular weight excluding hydrogens is 239 g/mol. The van der Waals surface area contributed by atoms with E-state index in [9.17, 15) is 4.39 Å². The average molecular weight is 259 g/mol. The van der Waals surface area contributed by atoms with E-state index in [0.717, 1.165) is 6.42 Å². The maximum absolute atomic E-state index is 13.8. The molecule has 2 N–H and O–H groups in total. The van der Waals surface area contributed by atoms with Gasteiger partial charge in [-0.1, -0.05) is 18.5 Å². The Hall–Kier alpha value is -0.640. The predicted octanol–water partition coefficient (Wildman–Crippen LogP) is 3.07. The zero-order valence-electron chi connectivity index (χ0n) is 10.6. The van der Waals surface area contributed by atoms with Crippen LogP contribution in [0.25, 0.3) is 0 Å². The van der Waals surface area contributed by atoms with Gasteiger partial charge in [0.25, 0.3) is 0 Å². The molecule has 0 radical (unpaired) electrons. The molecule has 0 heterocycles. The maximum atomic E-state index is 13.8. The van der Waals surface area contributed by atoms with Crippen LogP contribution >= 0.6 is 11.6 Å². The molecule has 96 valence electrons. The van der Waals surface area contributed by atoms with Gasteiger partial charge in [0.05, 0.1) is 0 Å². The topological polar surface area (TPSA) is 29.3 Å². The van der Waals surface area contributed by atoms with Crippen molar-refractivity contribution in [3.05, 3.63) is 34.6 Å². The second-order valence-electron chi connectivity index (χ2n) is 4.72. The normalized spacial score (nSPS) is 15.0. The van der Waals surface area contributed by atoms with Gasteiger partial charge in [0.15, 0.2) is 0 Å². The summed E-state index contributed by atoms with van der Waals surface area (Å²) in [4.78, 5) is 2.00. The molecule has 2 nitrogen and oxygen atoms in total. The summed E-state index contributed by atoms with van der Waals surface area (Å²) in [6, 6.07) is 4.69. The van der Waals surface area contributed by atoms with Crippen molar-refractivity contribution >= 4 is 11.6 Å². The second kappa shape index (κ2) is 6.34. The Morgan fingerprint density at radius 1 is 1.41 bits per heavy atom. The third kappa shape index (κ3) is 3.95. The van der Waals surface area contributed by atoms with Crippen molar-refractivity contribution in [2.75, 3.05) is 20.6 Å². The lowest BCUT2D eigenvalue weighted by atomic mass is 9.95. The monoisotopic (exact) mass is 258 g/mol. The van der Waals surface area contributed by atoms with E-state index in [4.69, 9.17) is 17.3 Å². The Morgan fingerprint density at radius 2 is 2.06 bits per heavy atom. The van der Waals surface area contributed by atoms with Crippen LogP contribution in [-0.2, 0) is 0 Å². The highest BCUT2D eigenvalue weighted by molar-refractivity contribution is 6.30. The van der Waals surface area contributed by atoms with Crippen molar-refractivity contribution in [2.24, 2.45) is 11.7 Å². The first kappa shape index (κ1) is 14.4. The minimum Gasteiger partial charge on any atom is -0.330 e. The average Bonchev–Trinajstić information content (AvgIpc) is 2.28. The number of rotatable bonds is 5. The second-order valence-corrected chi connectivity index (χ2v) is 5.16. The molecule has 0 bridgehead atoms. The van der Waals surface area contributed by atoms with E-state index < -0.39 is 0 Å². The van der Waals surface area contributed by atoms with Crippen LogP contribution in [0.1, 0.15) is 24.9 Å². The molecule has 0 amide bonds. The molecule has 0 fully saturated rings. The van der Waals surface area contributed by atoms with E-state index in [1.54, 1.807) is 12.1 Å². The molecule has 0 aliphatic rings. The Bertz CT molecular complexity index is 368. The quantitative estimate of drug-likeness (QED) is 0.880. The predicted molar refractivity (Wildman–Crippen MR) is 70.7 cm³/mol. The Balaban J connectivity index is 3.00. The van der Waals surface area contributed by atoms with Crippen LogP contribution in [0.5, 0.6) is 0 Å². The number of hydrogen-bond donors (Lipinski definition) is 1. The van der Waals surface area contributed by atoms with Crippen LogP contribution in [0.15, 0.2) is 18.2 Å².